The molecule has 1 heterocycles. The van der Waals surface area contributed by atoms with Gasteiger partial charge in [-0.05, 0) is 6.07 Å². The second-order valence-corrected chi connectivity index (χ2v) is 4.49. The summed E-state index contributed by atoms with van der Waals surface area (Å²) in [5, 5.41) is 11.3. The van der Waals surface area contributed by atoms with Crippen molar-refractivity contribution in [2.45, 2.75) is 13.0 Å². The first-order valence-corrected chi connectivity index (χ1v) is 6.66. The van der Waals surface area contributed by atoms with E-state index in [4.69, 9.17) is 4.74 Å². The summed E-state index contributed by atoms with van der Waals surface area (Å²) in [5.41, 5.74) is 1.15. The Hall–Kier alpha value is -2.14. The molecule has 0 aliphatic rings. The number of nitrogens with one attached hydrogen (secondary N) is 1. The lowest BCUT2D eigenvalue weighted by atomic mass is 10.2. The molecule has 5 nitrogen and oxygen atoms in total. The lowest BCUT2D eigenvalue weighted by Gasteiger charge is -2.10. The topological polar surface area (TPSA) is 52.0 Å². The van der Waals surface area contributed by atoms with Gasteiger partial charge >= 0.3 is 0 Å². The first-order chi connectivity index (χ1) is 9.81. The highest BCUT2D eigenvalue weighted by molar-refractivity contribution is 5.33. The minimum atomic E-state index is 0.524. The van der Waals surface area contributed by atoms with Crippen molar-refractivity contribution >= 4 is 0 Å². The van der Waals surface area contributed by atoms with Crippen LogP contribution in [0.1, 0.15) is 11.4 Å². The predicted molar refractivity (Wildman–Crippen MR) is 78.5 cm³/mol. The molecule has 0 amide bonds. The Kier molecular flexibility index (Phi) is 5.32. The fraction of sp³-hybridized carbons (Fsp3) is 0.333. The molecule has 0 unspecified atom stereocenters. The molecule has 0 aliphatic carbocycles. The third-order valence-corrected chi connectivity index (χ3v) is 2.98. The van der Waals surface area contributed by atoms with Gasteiger partial charge < -0.3 is 14.6 Å². The van der Waals surface area contributed by atoms with Gasteiger partial charge in [-0.3, -0.25) is 0 Å². The van der Waals surface area contributed by atoms with E-state index >= 15 is 0 Å². The normalized spacial score (nSPS) is 10.4. The molecule has 106 valence electrons. The molecule has 1 aromatic carbocycles. The Bertz CT molecular complexity index is 550. The molecular formula is C15H20N4O. The average molecular weight is 272 g/mol. The third kappa shape index (κ3) is 3.93. The summed E-state index contributed by atoms with van der Waals surface area (Å²) >= 11 is 0. The highest BCUT2D eigenvalue weighted by Crippen LogP contribution is 2.17. The molecular weight excluding hydrogens is 252 g/mol. The summed E-state index contributed by atoms with van der Waals surface area (Å²) in [4.78, 5) is 0. The van der Waals surface area contributed by atoms with Crippen LogP contribution in [-0.4, -0.2) is 27.9 Å². The quantitative estimate of drug-likeness (QED) is 0.587. The molecule has 0 aliphatic heterocycles. The van der Waals surface area contributed by atoms with E-state index in [2.05, 4.69) is 28.2 Å². The van der Waals surface area contributed by atoms with Gasteiger partial charge in [0.25, 0.3) is 0 Å². The Morgan fingerprint density at radius 3 is 3.00 bits per heavy atom. The number of para-hydroxylation sites is 1. The van der Waals surface area contributed by atoms with Crippen LogP contribution in [0.15, 0.2) is 43.2 Å². The van der Waals surface area contributed by atoms with Gasteiger partial charge in [-0.25, -0.2) is 0 Å². The Balaban J connectivity index is 1.81. The van der Waals surface area contributed by atoms with Crippen LogP contribution < -0.4 is 10.1 Å². The van der Waals surface area contributed by atoms with Crippen LogP contribution in [0.2, 0.25) is 0 Å². The van der Waals surface area contributed by atoms with Crippen LogP contribution in [0.4, 0.5) is 0 Å². The molecule has 0 saturated carbocycles. The zero-order valence-electron chi connectivity index (χ0n) is 11.7. The summed E-state index contributed by atoms with van der Waals surface area (Å²) in [6.07, 6.45) is 4.32. The van der Waals surface area contributed by atoms with Crippen LogP contribution >= 0.6 is 0 Å². The summed E-state index contributed by atoms with van der Waals surface area (Å²) in [7, 11) is 1.95. The van der Waals surface area contributed by atoms with E-state index in [1.165, 1.54) is 0 Å². The van der Waals surface area contributed by atoms with Crippen LogP contribution in [0, 0.1) is 0 Å². The predicted octanol–water partition coefficient (Wildman–Crippen LogP) is 1.71. The lowest BCUT2D eigenvalue weighted by molar-refractivity contribution is 0.358. The van der Waals surface area contributed by atoms with Crippen molar-refractivity contribution in [3.05, 3.63) is 54.6 Å². The van der Waals surface area contributed by atoms with Gasteiger partial charge in [-0.1, -0.05) is 30.9 Å². The molecule has 2 aromatic rings. The lowest BCUT2D eigenvalue weighted by Crippen LogP contribution is -2.18. The first kappa shape index (κ1) is 14.3. The summed E-state index contributed by atoms with van der Waals surface area (Å²) in [6.45, 7) is 5.80. The van der Waals surface area contributed by atoms with Crippen LogP contribution in [0.3, 0.4) is 0 Å². The number of aryl methyl sites for hydroxylation is 1. The minimum absolute atomic E-state index is 0.524. The van der Waals surface area contributed by atoms with Crippen LogP contribution in [-0.2, 0) is 20.0 Å². The van der Waals surface area contributed by atoms with Crippen LogP contribution in [0.25, 0.3) is 0 Å². The summed E-state index contributed by atoms with van der Waals surface area (Å²) in [6, 6.07) is 8.03. The molecule has 5 heteroatoms. The summed E-state index contributed by atoms with van der Waals surface area (Å²) in [5.74, 6) is 1.88. The summed E-state index contributed by atoms with van der Waals surface area (Å²) < 4.78 is 7.56. The highest BCUT2D eigenvalue weighted by Gasteiger charge is 2.03. The molecule has 0 radical (unpaired) electrons. The number of ether oxygens (including phenoxy) is 1. The Morgan fingerprint density at radius 2 is 2.25 bits per heavy atom. The van der Waals surface area contributed by atoms with Gasteiger partial charge in [0.2, 0.25) is 0 Å². The van der Waals surface area contributed by atoms with E-state index in [1.807, 2.05) is 29.8 Å². The standard InChI is InChI=1S/C15H20N4O/c1-3-10-20-14-7-5-4-6-13(14)11-16-9-8-15-18-17-12-19(15)2/h3-7,12,16H,1,8-11H2,2H3. The second-order valence-electron chi connectivity index (χ2n) is 4.49. The number of rotatable bonds is 8. The van der Waals surface area contributed by atoms with E-state index in [1.54, 1.807) is 12.4 Å². The van der Waals surface area contributed by atoms with Gasteiger partial charge in [0, 0.05) is 32.1 Å². The van der Waals surface area contributed by atoms with Gasteiger partial charge in [0.1, 0.15) is 24.5 Å². The van der Waals surface area contributed by atoms with Crippen molar-refractivity contribution in [3.63, 3.8) is 0 Å². The molecule has 0 saturated heterocycles. The molecule has 0 fully saturated rings. The molecule has 0 atom stereocenters. The maximum Gasteiger partial charge on any atom is 0.133 e. The largest absolute Gasteiger partial charge is 0.489 e. The van der Waals surface area contributed by atoms with Crippen LogP contribution in [0.5, 0.6) is 5.75 Å². The van der Waals surface area contributed by atoms with Gasteiger partial charge in [-0.2, -0.15) is 0 Å². The number of aromatic nitrogens is 3. The van der Waals surface area contributed by atoms with E-state index in [0.717, 1.165) is 36.6 Å². The molecule has 1 N–H and O–H groups in total. The van der Waals surface area contributed by atoms with E-state index < -0.39 is 0 Å². The second kappa shape index (κ2) is 7.45. The van der Waals surface area contributed by atoms with Crippen molar-refractivity contribution in [2.24, 2.45) is 7.05 Å². The maximum absolute atomic E-state index is 5.62. The molecule has 1 aromatic heterocycles. The molecule has 0 bridgehead atoms. The zero-order chi connectivity index (χ0) is 14.2. The Morgan fingerprint density at radius 1 is 1.40 bits per heavy atom. The fourth-order valence-electron chi connectivity index (χ4n) is 1.90. The SMILES string of the molecule is C=CCOc1ccccc1CNCCc1nncn1C. The molecule has 0 spiro atoms. The fourth-order valence-corrected chi connectivity index (χ4v) is 1.90. The minimum Gasteiger partial charge on any atom is -0.489 e. The van der Waals surface area contributed by atoms with Gasteiger partial charge in [0.05, 0.1) is 0 Å². The first-order valence-electron chi connectivity index (χ1n) is 6.66. The Labute approximate surface area is 119 Å². The van der Waals surface area contributed by atoms with E-state index in [0.29, 0.717) is 6.61 Å². The third-order valence-electron chi connectivity index (χ3n) is 2.98. The number of hydrogen-bond donors (Lipinski definition) is 1. The smallest absolute Gasteiger partial charge is 0.133 e. The number of hydrogen-bond acceptors (Lipinski definition) is 4. The van der Waals surface area contributed by atoms with Crippen molar-refractivity contribution in [2.75, 3.05) is 13.2 Å². The molecule has 20 heavy (non-hydrogen) atoms. The number of benzene rings is 1. The monoisotopic (exact) mass is 272 g/mol. The van der Waals surface area contributed by atoms with Gasteiger partial charge in [0.15, 0.2) is 0 Å². The van der Waals surface area contributed by atoms with Crippen molar-refractivity contribution in [1.82, 2.24) is 20.1 Å². The highest BCUT2D eigenvalue weighted by atomic mass is 16.5. The number of nitrogens with zero attached hydrogens (tertiary/aromatic N) is 3. The van der Waals surface area contributed by atoms with Crippen molar-refractivity contribution < 1.29 is 4.74 Å². The van der Waals surface area contributed by atoms with E-state index in [-0.39, 0.29) is 0 Å². The molecule has 2 rings (SSSR count). The van der Waals surface area contributed by atoms with Crippen molar-refractivity contribution in [1.29, 1.82) is 0 Å². The van der Waals surface area contributed by atoms with Gasteiger partial charge in [-0.15, -0.1) is 10.2 Å². The maximum atomic E-state index is 5.62. The van der Waals surface area contributed by atoms with Crippen molar-refractivity contribution in [3.8, 4) is 5.75 Å². The van der Waals surface area contributed by atoms with E-state index in [9.17, 15) is 0 Å². The average Bonchev–Trinajstić information content (AvgIpc) is 2.88. The zero-order valence-corrected chi connectivity index (χ0v) is 11.7.